The van der Waals surface area contributed by atoms with Crippen molar-refractivity contribution >= 4 is 17.3 Å². The minimum Gasteiger partial charge on any atom is -0.299 e. The summed E-state index contributed by atoms with van der Waals surface area (Å²) in [4.78, 5) is 25.4. The van der Waals surface area contributed by atoms with Gasteiger partial charge in [0.25, 0.3) is 11.2 Å². The van der Waals surface area contributed by atoms with Gasteiger partial charge in [-0.25, -0.2) is 4.98 Å². The van der Waals surface area contributed by atoms with E-state index in [-0.39, 0.29) is 16.4 Å². The van der Waals surface area contributed by atoms with Gasteiger partial charge in [-0.15, -0.1) is 0 Å². The molecule has 7 heteroatoms. The molecule has 2 rings (SSSR count). The lowest BCUT2D eigenvalue weighted by atomic mass is 10.1. The van der Waals surface area contributed by atoms with Crippen molar-refractivity contribution in [3.05, 3.63) is 67.8 Å². The lowest BCUT2D eigenvalue weighted by Gasteiger charge is -2.04. The second-order valence-electron chi connectivity index (χ2n) is 3.92. The van der Waals surface area contributed by atoms with Crippen molar-refractivity contribution < 1.29 is 4.92 Å². The van der Waals surface area contributed by atoms with Crippen LogP contribution in [0.2, 0.25) is 5.15 Å². The Morgan fingerprint density at radius 1 is 1.32 bits per heavy atom. The Kier molecular flexibility index (Phi) is 3.91. The molecule has 2 aromatic rings. The molecule has 0 saturated carbocycles. The Hall–Kier alpha value is -2.21. The van der Waals surface area contributed by atoms with Gasteiger partial charge in [0.05, 0.1) is 11.3 Å². The van der Waals surface area contributed by atoms with Gasteiger partial charge in [0.1, 0.15) is 5.15 Å². The molecule has 98 valence electrons. The molecule has 0 bridgehead atoms. The smallest absolute Gasteiger partial charge is 0.269 e. The number of non-ortho nitro benzene ring substituents is 1. The Labute approximate surface area is 113 Å². The van der Waals surface area contributed by atoms with Gasteiger partial charge in [-0.05, 0) is 12.0 Å². The number of aromatic nitrogens is 2. The van der Waals surface area contributed by atoms with Crippen LogP contribution in [0.5, 0.6) is 0 Å². The number of halogens is 1. The van der Waals surface area contributed by atoms with Gasteiger partial charge < -0.3 is 0 Å². The van der Waals surface area contributed by atoms with Crippen molar-refractivity contribution in [1.82, 2.24) is 9.55 Å². The van der Waals surface area contributed by atoms with Gasteiger partial charge in [0.2, 0.25) is 0 Å². The number of nitrogens with zero attached hydrogens (tertiary/aromatic N) is 3. The minimum absolute atomic E-state index is 0.0501. The van der Waals surface area contributed by atoms with Crippen LogP contribution in [-0.2, 0) is 13.0 Å². The molecule has 0 amide bonds. The van der Waals surface area contributed by atoms with E-state index in [1.165, 1.54) is 29.1 Å². The molecule has 1 heterocycles. The SMILES string of the molecule is O=c1cc(Cl)ncn1CCc1ccc([N+](=O)[O-])cc1. The molecule has 0 fully saturated rings. The van der Waals surface area contributed by atoms with Crippen LogP contribution in [-0.4, -0.2) is 14.5 Å². The summed E-state index contributed by atoms with van der Waals surface area (Å²) in [6, 6.07) is 7.48. The lowest BCUT2D eigenvalue weighted by molar-refractivity contribution is -0.384. The van der Waals surface area contributed by atoms with E-state index in [1.54, 1.807) is 12.1 Å². The molecule has 0 spiro atoms. The molecule has 0 aliphatic carbocycles. The Balaban J connectivity index is 2.06. The second kappa shape index (κ2) is 5.62. The van der Waals surface area contributed by atoms with E-state index >= 15 is 0 Å². The number of hydrogen-bond acceptors (Lipinski definition) is 4. The number of aryl methyl sites for hydroxylation is 2. The molecule has 1 aromatic heterocycles. The largest absolute Gasteiger partial charge is 0.299 e. The highest BCUT2D eigenvalue weighted by Crippen LogP contribution is 2.12. The predicted octanol–water partition coefficient (Wildman–Crippen LogP) is 2.05. The third-order valence-electron chi connectivity index (χ3n) is 2.63. The van der Waals surface area contributed by atoms with Crippen LogP contribution in [0.25, 0.3) is 0 Å². The van der Waals surface area contributed by atoms with E-state index in [1.807, 2.05) is 0 Å². The Morgan fingerprint density at radius 2 is 2.00 bits per heavy atom. The van der Waals surface area contributed by atoms with Gasteiger partial charge in [-0.3, -0.25) is 19.5 Å². The van der Waals surface area contributed by atoms with Crippen LogP contribution >= 0.6 is 11.6 Å². The lowest BCUT2D eigenvalue weighted by Crippen LogP contribution is -2.20. The number of nitro benzene ring substituents is 1. The van der Waals surface area contributed by atoms with E-state index in [0.29, 0.717) is 13.0 Å². The van der Waals surface area contributed by atoms with Crippen LogP contribution < -0.4 is 5.56 Å². The van der Waals surface area contributed by atoms with Crippen LogP contribution in [0, 0.1) is 10.1 Å². The van der Waals surface area contributed by atoms with Gasteiger partial charge >= 0.3 is 0 Å². The third-order valence-corrected chi connectivity index (χ3v) is 2.84. The van der Waals surface area contributed by atoms with Gasteiger partial charge in [0.15, 0.2) is 0 Å². The van der Waals surface area contributed by atoms with Crippen molar-refractivity contribution in [2.24, 2.45) is 0 Å². The standard InChI is InChI=1S/C12H10ClN3O3/c13-11-7-12(17)15(8-14-11)6-5-9-1-3-10(4-2-9)16(18)19/h1-4,7-8H,5-6H2. The molecule has 0 unspecified atom stereocenters. The van der Waals surface area contributed by atoms with Crippen LogP contribution in [0.4, 0.5) is 5.69 Å². The first-order chi connectivity index (χ1) is 9.06. The zero-order valence-electron chi connectivity index (χ0n) is 9.82. The van der Waals surface area contributed by atoms with Crippen molar-refractivity contribution in [3.63, 3.8) is 0 Å². The topological polar surface area (TPSA) is 78.0 Å². The van der Waals surface area contributed by atoms with E-state index in [9.17, 15) is 14.9 Å². The summed E-state index contributed by atoms with van der Waals surface area (Å²) >= 11 is 5.59. The zero-order chi connectivity index (χ0) is 13.8. The molecule has 0 saturated heterocycles. The van der Waals surface area contributed by atoms with Gasteiger partial charge in [-0.2, -0.15) is 0 Å². The van der Waals surface area contributed by atoms with E-state index in [4.69, 9.17) is 11.6 Å². The van der Waals surface area contributed by atoms with Crippen LogP contribution in [0.3, 0.4) is 0 Å². The first-order valence-corrected chi connectivity index (χ1v) is 5.89. The maximum atomic E-state index is 11.6. The average molecular weight is 280 g/mol. The van der Waals surface area contributed by atoms with Crippen LogP contribution in [0.1, 0.15) is 5.56 Å². The van der Waals surface area contributed by atoms with E-state index in [2.05, 4.69) is 4.98 Å². The first kappa shape index (κ1) is 13.2. The van der Waals surface area contributed by atoms with Crippen molar-refractivity contribution in [2.75, 3.05) is 0 Å². The summed E-state index contributed by atoms with van der Waals surface area (Å²) in [5.41, 5.74) is 0.739. The molecule has 0 aliphatic heterocycles. The molecular formula is C12H10ClN3O3. The van der Waals surface area contributed by atoms with Gasteiger partial charge in [0, 0.05) is 24.7 Å². The highest BCUT2D eigenvalue weighted by atomic mass is 35.5. The fourth-order valence-electron chi connectivity index (χ4n) is 1.61. The Bertz CT molecular complexity index is 652. The molecule has 19 heavy (non-hydrogen) atoms. The Morgan fingerprint density at radius 3 is 2.58 bits per heavy atom. The first-order valence-electron chi connectivity index (χ1n) is 5.51. The van der Waals surface area contributed by atoms with Crippen molar-refractivity contribution in [1.29, 1.82) is 0 Å². The summed E-state index contributed by atoms with van der Waals surface area (Å²) in [7, 11) is 0. The molecule has 0 N–H and O–H groups in total. The zero-order valence-corrected chi connectivity index (χ0v) is 10.6. The molecular weight excluding hydrogens is 270 g/mol. The van der Waals surface area contributed by atoms with E-state index < -0.39 is 4.92 Å². The summed E-state index contributed by atoms with van der Waals surface area (Å²) in [5.74, 6) is 0. The summed E-state index contributed by atoms with van der Waals surface area (Å²) < 4.78 is 1.44. The minimum atomic E-state index is -0.447. The quantitative estimate of drug-likeness (QED) is 0.487. The molecule has 6 nitrogen and oxygen atoms in total. The number of benzene rings is 1. The normalized spacial score (nSPS) is 10.4. The monoisotopic (exact) mass is 279 g/mol. The highest BCUT2D eigenvalue weighted by Gasteiger charge is 2.04. The summed E-state index contributed by atoms with van der Waals surface area (Å²) in [6.07, 6.45) is 1.97. The second-order valence-corrected chi connectivity index (χ2v) is 4.30. The summed E-state index contributed by atoms with van der Waals surface area (Å²) in [5, 5.41) is 10.7. The molecule has 0 radical (unpaired) electrons. The maximum Gasteiger partial charge on any atom is 0.269 e. The fourth-order valence-corrected chi connectivity index (χ4v) is 1.74. The number of rotatable bonds is 4. The van der Waals surface area contributed by atoms with Crippen molar-refractivity contribution in [3.8, 4) is 0 Å². The molecule has 1 aromatic carbocycles. The van der Waals surface area contributed by atoms with Crippen LogP contribution in [0.15, 0.2) is 41.5 Å². The van der Waals surface area contributed by atoms with E-state index in [0.717, 1.165) is 5.56 Å². The maximum absolute atomic E-state index is 11.6. The summed E-state index contributed by atoms with van der Waals surface area (Å²) in [6.45, 7) is 0.445. The highest BCUT2D eigenvalue weighted by molar-refractivity contribution is 6.29. The average Bonchev–Trinajstić information content (AvgIpc) is 2.38. The third kappa shape index (κ3) is 3.38. The number of hydrogen-bond donors (Lipinski definition) is 0. The number of nitro groups is 1. The predicted molar refractivity (Wildman–Crippen MR) is 70.3 cm³/mol. The fraction of sp³-hybridized carbons (Fsp3) is 0.167. The van der Waals surface area contributed by atoms with Crippen molar-refractivity contribution in [2.45, 2.75) is 13.0 Å². The molecule has 0 aliphatic rings. The molecule has 0 atom stereocenters. The van der Waals surface area contributed by atoms with Gasteiger partial charge in [-0.1, -0.05) is 23.7 Å².